The van der Waals surface area contributed by atoms with Crippen LogP contribution in [0.5, 0.6) is 0 Å². The highest BCUT2D eigenvalue weighted by Crippen LogP contribution is 2.43. The van der Waals surface area contributed by atoms with E-state index in [9.17, 15) is 9.59 Å². The zero-order chi connectivity index (χ0) is 16.8. The third-order valence-electron chi connectivity index (χ3n) is 3.57. The van der Waals surface area contributed by atoms with Crippen LogP contribution in [0, 0.1) is 0 Å². The molecule has 2 aliphatic heterocycles. The molecule has 23 heavy (non-hydrogen) atoms. The SMILES string of the molecule is CC(=O)SCC1OC(n2cnc(C(N)=O)n2)C2OC(C)(C)OC12. The Balaban J connectivity index is 1.82. The van der Waals surface area contributed by atoms with E-state index in [1.807, 2.05) is 13.8 Å². The summed E-state index contributed by atoms with van der Waals surface area (Å²) in [5.41, 5.74) is 5.17. The molecule has 2 saturated heterocycles. The van der Waals surface area contributed by atoms with Gasteiger partial charge < -0.3 is 19.9 Å². The molecule has 0 spiro atoms. The Morgan fingerprint density at radius 1 is 1.39 bits per heavy atom. The summed E-state index contributed by atoms with van der Waals surface area (Å²) >= 11 is 1.17. The predicted molar refractivity (Wildman–Crippen MR) is 79.4 cm³/mol. The predicted octanol–water partition coefficient (Wildman–Crippen LogP) is 0.0742. The van der Waals surface area contributed by atoms with Gasteiger partial charge in [-0.15, -0.1) is 5.10 Å². The number of amides is 1. The van der Waals surface area contributed by atoms with Gasteiger partial charge in [0.2, 0.25) is 5.82 Å². The third kappa shape index (κ3) is 3.25. The fourth-order valence-corrected chi connectivity index (χ4v) is 3.38. The second-order valence-corrected chi connectivity index (χ2v) is 7.04. The van der Waals surface area contributed by atoms with Crippen molar-refractivity contribution in [2.75, 3.05) is 5.75 Å². The molecule has 0 aliphatic carbocycles. The lowest BCUT2D eigenvalue weighted by Crippen LogP contribution is -2.31. The summed E-state index contributed by atoms with van der Waals surface area (Å²) in [5.74, 6) is -1.12. The van der Waals surface area contributed by atoms with Gasteiger partial charge in [0.1, 0.15) is 18.5 Å². The molecule has 1 amide bonds. The number of nitrogens with zero attached hydrogens (tertiary/aromatic N) is 3. The van der Waals surface area contributed by atoms with Gasteiger partial charge in [-0.3, -0.25) is 9.59 Å². The molecule has 2 aliphatic rings. The number of carbonyl (C=O) groups is 2. The number of hydrogen-bond donors (Lipinski definition) is 1. The second kappa shape index (κ2) is 5.86. The van der Waals surface area contributed by atoms with E-state index in [1.54, 1.807) is 0 Å². The van der Waals surface area contributed by atoms with Gasteiger partial charge >= 0.3 is 0 Å². The maximum absolute atomic E-state index is 11.2. The lowest BCUT2D eigenvalue weighted by molar-refractivity contribution is -0.195. The lowest BCUT2D eigenvalue weighted by Gasteiger charge is -2.23. The van der Waals surface area contributed by atoms with E-state index in [2.05, 4.69) is 10.1 Å². The highest BCUT2D eigenvalue weighted by molar-refractivity contribution is 8.13. The van der Waals surface area contributed by atoms with Crippen molar-refractivity contribution < 1.29 is 23.8 Å². The zero-order valence-corrected chi connectivity index (χ0v) is 13.8. The number of rotatable bonds is 4. The van der Waals surface area contributed by atoms with E-state index in [0.717, 1.165) is 0 Å². The molecule has 1 aromatic rings. The number of hydrogen-bond acceptors (Lipinski definition) is 8. The molecule has 2 fully saturated rings. The monoisotopic (exact) mass is 342 g/mol. The Morgan fingerprint density at radius 2 is 2.09 bits per heavy atom. The first-order valence-electron chi connectivity index (χ1n) is 7.12. The van der Waals surface area contributed by atoms with Gasteiger partial charge in [-0.05, 0) is 13.8 Å². The van der Waals surface area contributed by atoms with E-state index in [1.165, 1.54) is 29.7 Å². The minimum atomic E-state index is -0.760. The van der Waals surface area contributed by atoms with Gasteiger partial charge in [-0.25, -0.2) is 9.67 Å². The summed E-state index contributed by atoms with van der Waals surface area (Å²) in [7, 11) is 0. The molecule has 0 bridgehead atoms. The molecule has 2 N–H and O–H groups in total. The normalized spacial score (nSPS) is 32.0. The first kappa shape index (κ1) is 16.4. The van der Waals surface area contributed by atoms with E-state index in [4.69, 9.17) is 19.9 Å². The van der Waals surface area contributed by atoms with Crippen LogP contribution >= 0.6 is 11.8 Å². The highest BCUT2D eigenvalue weighted by atomic mass is 32.2. The topological polar surface area (TPSA) is 119 Å². The molecular weight excluding hydrogens is 324 g/mol. The van der Waals surface area contributed by atoms with Gasteiger partial charge in [0.25, 0.3) is 5.91 Å². The first-order valence-corrected chi connectivity index (χ1v) is 8.11. The Bertz CT molecular complexity index is 634. The number of primary amides is 1. The van der Waals surface area contributed by atoms with Crippen molar-refractivity contribution in [1.29, 1.82) is 0 Å². The van der Waals surface area contributed by atoms with Crippen molar-refractivity contribution in [2.45, 2.75) is 51.1 Å². The summed E-state index contributed by atoms with van der Waals surface area (Å²) in [5, 5.41) is 4.03. The van der Waals surface area contributed by atoms with Crippen LogP contribution in [-0.2, 0) is 19.0 Å². The molecule has 4 unspecified atom stereocenters. The molecule has 3 heterocycles. The van der Waals surface area contributed by atoms with Crippen LogP contribution in [0.2, 0.25) is 0 Å². The van der Waals surface area contributed by atoms with Crippen molar-refractivity contribution >= 4 is 22.8 Å². The standard InChI is InChI=1S/C13H18N4O5S/c1-6(18)23-4-7-8-9(22-13(2,3)21-8)12(20-7)17-5-15-11(16-17)10(14)19/h5,7-9,12H,4H2,1-3H3,(H2,14,19). The van der Waals surface area contributed by atoms with E-state index in [-0.39, 0.29) is 23.1 Å². The Morgan fingerprint density at radius 3 is 2.70 bits per heavy atom. The average molecular weight is 342 g/mol. The number of nitrogens with two attached hydrogens (primary N) is 1. The zero-order valence-electron chi connectivity index (χ0n) is 13.0. The Labute approximate surface area is 136 Å². The van der Waals surface area contributed by atoms with Crippen LogP contribution in [0.25, 0.3) is 0 Å². The van der Waals surface area contributed by atoms with Gasteiger partial charge in [-0.1, -0.05) is 11.8 Å². The van der Waals surface area contributed by atoms with Gasteiger partial charge in [0.15, 0.2) is 17.1 Å². The van der Waals surface area contributed by atoms with Crippen molar-refractivity contribution in [1.82, 2.24) is 14.8 Å². The van der Waals surface area contributed by atoms with Crippen LogP contribution < -0.4 is 5.73 Å². The van der Waals surface area contributed by atoms with Crippen LogP contribution in [0.3, 0.4) is 0 Å². The summed E-state index contributed by atoms with van der Waals surface area (Å²) in [6, 6.07) is 0. The summed E-state index contributed by atoms with van der Waals surface area (Å²) in [6.07, 6.45) is -0.299. The number of ether oxygens (including phenoxy) is 3. The summed E-state index contributed by atoms with van der Waals surface area (Å²) < 4.78 is 19.1. The molecule has 4 atom stereocenters. The van der Waals surface area contributed by atoms with Crippen LogP contribution in [-0.4, -0.2) is 55.6 Å². The molecule has 0 saturated carbocycles. The molecule has 10 heteroatoms. The second-order valence-electron chi connectivity index (χ2n) is 5.84. The quantitative estimate of drug-likeness (QED) is 0.817. The minimum absolute atomic E-state index is 0.00328. The fraction of sp³-hybridized carbons (Fsp3) is 0.692. The average Bonchev–Trinajstić information content (AvgIpc) is 3.09. The van der Waals surface area contributed by atoms with Crippen molar-refractivity contribution in [3.05, 3.63) is 12.2 Å². The van der Waals surface area contributed by atoms with E-state index in [0.29, 0.717) is 5.75 Å². The summed E-state index contributed by atoms with van der Waals surface area (Å²) in [6.45, 7) is 5.13. The molecule has 0 radical (unpaired) electrons. The lowest BCUT2D eigenvalue weighted by atomic mass is 10.1. The molecular formula is C13H18N4O5S. The van der Waals surface area contributed by atoms with Gasteiger partial charge in [0.05, 0.1) is 6.10 Å². The number of thioether (sulfide) groups is 1. The highest BCUT2D eigenvalue weighted by Gasteiger charge is 2.56. The van der Waals surface area contributed by atoms with Gasteiger partial charge in [-0.2, -0.15) is 0 Å². The Kier molecular flexibility index (Phi) is 4.17. The van der Waals surface area contributed by atoms with Crippen LogP contribution in [0.4, 0.5) is 0 Å². The first-order chi connectivity index (χ1) is 10.8. The van der Waals surface area contributed by atoms with Crippen LogP contribution in [0.1, 0.15) is 37.6 Å². The smallest absolute Gasteiger partial charge is 0.288 e. The van der Waals surface area contributed by atoms with Crippen molar-refractivity contribution in [3.8, 4) is 0 Å². The largest absolute Gasteiger partial charge is 0.363 e. The number of fused-ring (bicyclic) bond motifs is 1. The molecule has 1 aromatic heterocycles. The van der Waals surface area contributed by atoms with E-state index >= 15 is 0 Å². The van der Waals surface area contributed by atoms with Gasteiger partial charge in [0, 0.05) is 12.7 Å². The molecule has 0 aromatic carbocycles. The minimum Gasteiger partial charge on any atom is -0.363 e. The van der Waals surface area contributed by atoms with E-state index < -0.39 is 24.0 Å². The van der Waals surface area contributed by atoms with Crippen LogP contribution in [0.15, 0.2) is 6.33 Å². The maximum Gasteiger partial charge on any atom is 0.288 e. The van der Waals surface area contributed by atoms with Crippen molar-refractivity contribution in [3.63, 3.8) is 0 Å². The third-order valence-corrected chi connectivity index (χ3v) is 4.47. The maximum atomic E-state index is 11.2. The Hall–Kier alpha value is -1.49. The summed E-state index contributed by atoms with van der Waals surface area (Å²) in [4.78, 5) is 26.2. The molecule has 9 nitrogen and oxygen atoms in total. The molecule has 126 valence electrons. The number of carbonyl (C=O) groups excluding carboxylic acids is 2. The fourth-order valence-electron chi connectivity index (χ4n) is 2.72. The number of aromatic nitrogens is 3. The van der Waals surface area contributed by atoms with Crippen molar-refractivity contribution in [2.24, 2.45) is 5.73 Å². The molecule has 3 rings (SSSR count).